The average molecular weight is 216 g/mol. The van der Waals surface area contributed by atoms with Crippen molar-refractivity contribution < 1.29 is 24.2 Å². The highest BCUT2D eigenvalue weighted by Gasteiger charge is 1.98. The lowest BCUT2D eigenvalue weighted by atomic mass is 10.4. The summed E-state index contributed by atoms with van der Waals surface area (Å²) in [6.07, 6.45) is 1.57. The van der Waals surface area contributed by atoms with Crippen LogP contribution in [0.3, 0.4) is 0 Å². The van der Waals surface area contributed by atoms with Gasteiger partial charge in [0.25, 0.3) is 0 Å². The predicted molar refractivity (Wildman–Crippen MR) is 55.0 cm³/mol. The monoisotopic (exact) mass is 216 g/mol. The Labute approximate surface area is 89.0 Å². The van der Waals surface area contributed by atoms with Gasteiger partial charge in [0.1, 0.15) is 6.61 Å². The number of esters is 2. The fourth-order valence-corrected chi connectivity index (χ4v) is 0.345. The van der Waals surface area contributed by atoms with Gasteiger partial charge in [0, 0.05) is 12.2 Å². The highest BCUT2D eigenvalue weighted by molar-refractivity contribution is 5.81. The van der Waals surface area contributed by atoms with Gasteiger partial charge in [0.15, 0.2) is 0 Å². The van der Waals surface area contributed by atoms with Crippen molar-refractivity contribution >= 4 is 11.9 Å². The summed E-state index contributed by atoms with van der Waals surface area (Å²) in [6.45, 7) is 7.91. The fraction of sp³-hybridized carbons (Fsp3) is 0.400. The van der Waals surface area contributed by atoms with Crippen LogP contribution in [0.4, 0.5) is 0 Å². The first-order chi connectivity index (χ1) is 6.97. The Kier molecular flexibility index (Phi) is 11.0. The molecule has 0 aliphatic heterocycles. The summed E-state index contributed by atoms with van der Waals surface area (Å²) in [5.41, 5.74) is 0. The van der Waals surface area contributed by atoms with E-state index in [-0.39, 0.29) is 6.61 Å². The Balaban J connectivity index is 0. The number of rotatable bonds is 4. The highest BCUT2D eigenvalue weighted by Crippen LogP contribution is 1.83. The quantitative estimate of drug-likeness (QED) is 0.545. The van der Waals surface area contributed by atoms with E-state index >= 15 is 0 Å². The maximum absolute atomic E-state index is 10.3. The number of carbonyl (C=O) groups excluding carboxylic acids is 2. The minimum Gasteiger partial charge on any atom is -0.466 e. The van der Waals surface area contributed by atoms with Crippen LogP contribution in [0.1, 0.15) is 6.92 Å². The lowest BCUT2D eigenvalue weighted by molar-refractivity contribution is -0.140. The molecular formula is C10H16O5. The molecule has 0 bridgehead atoms. The van der Waals surface area contributed by atoms with Crippen molar-refractivity contribution in [1.82, 2.24) is 0 Å². The van der Waals surface area contributed by atoms with E-state index in [1.54, 1.807) is 0 Å². The zero-order chi connectivity index (χ0) is 12.3. The van der Waals surface area contributed by atoms with Gasteiger partial charge in [0.2, 0.25) is 0 Å². The minimum atomic E-state index is -0.603. The summed E-state index contributed by atoms with van der Waals surface area (Å²) >= 11 is 0. The van der Waals surface area contributed by atoms with Crippen LogP contribution in [-0.4, -0.2) is 36.9 Å². The third-order valence-corrected chi connectivity index (χ3v) is 1.00. The molecule has 0 rings (SSSR count). The molecule has 0 aromatic heterocycles. The van der Waals surface area contributed by atoms with E-state index in [2.05, 4.69) is 22.6 Å². The molecule has 15 heavy (non-hydrogen) atoms. The number of carbonyl (C=O) groups is 2. The first-order valence-corrected chi connectivity index (χ1v) is 4.15. The van der Waals surface area contributed by atoms with Crippen molar-refractivity contribution in [2.45, 2.75) is 13.0 Å². The molecule has 0 saturated carbocycles. The van der Waals surface area contributed by atoms with Gasteiger partial charge in [-0.1, -0.05) is 13.2 Å². The van der Waals surface area contributed by atoms with Crippen molar-refractivity contribution in [3.8, 4) is 0 Å². The van der Waals surface area contributed by atoms with Crippen molar-refractivity contribution in [2.75, 3.05) is 13.7 Å². The summed E-state index contributed by atoms with van der Waals surface area (Å²) < 4.78 is 8.59. The SMILES string of the molecule is C=CC(=O)OC.C=CC(=O)OCC(C)O. The molecule has 0 spiro atoms. The van der Waals surface area contributed by atoms with Crippen LogP contribution in [0.15, 0.2) is 25.3 Å². The van der Waals surface area contributed by atoms with Gasteiger partial charge in [-0.2, -0.15) is 0 Å². The number of aliphatic hydroxyl groups is 1. The van der Waals surface area contributed by atoms with Gasteiger partial charge in [-0.3, -0.25) is 0 Å². The molecule has 1 atom stereocenters. The first-order valence-electron chi connectivity index (χ1n) is 4.15. The number of ether oxygens (including phenoxy) is 2. The standard InChI is InChI=1S/C6H10O3.C4H6O2/c1-3-6(8)9-4-5(2)7;1-3-4(5)6-2/h3,5,7H,1,4H2,2H3;3H,1H2,2H3. The normalized spacial score (nSPS) is 10.1. The number of hydrogen-bond acceptors (Lipinski definition) is 5. The number of hydrogen-bond donors (Lipinski definition) is 1. The first kappa shape index (κ1) is 15.8. The molecule has 0 aliphatic carbocycles. The van der Waals surface area contributed by atoms with E-state index in [0.717, 1.165) is 12.2 Å². The van der Waals surface area contributed by atoms with Crippen molar-refractivity contribution in [3.63, 3.8) is 0 Å². The molecular weight excluding hydrogens is 200 g/mol. The molecule has 0 aromatic rings. The molecule has 0 heterocycles. The Morgan fingerprint density at radius 1 is 1.33 bits per heavy atom. The zero-order valence-corrected chi connectivity index (χ0v) is 8.93. The molecule has 1 N–H and O–H groups in total. The van der Waals surface area contributed by atoms with E-state index in [1.165, 1.54) is 14.0 Å². The van der Waals surface area contributed by atoms with Gasteiger partial charge in [-0.15, -0.1) is 0 Å². The average Bonchev–Trinajstić information content (AvgIpc) is 2.25. The second kappa shape index (κ2) is 10.5. The third-order valence-electron chi connectivity index (χ3n) is 1.00. The van der Waals surface area contributed by atoms with Gasteiger partial charge in [0.05, 0.1) is 13.2 Å². The Morgan fingerprint density at radius 2 is 1.80 bits per heavy atom. The Bertz CT molecular complexity index is 220. The summed E-state index contributed by atoms with van der Waals surface area (Å²) in [7, 11) is 1.31. The molecule has 5 nitrogen and oxygen atoms in total. The molecule has 0 fully saturated rings. The van der Waals surface area contributed by atoms with E-state index in [4.69, 9.17) is 5.11 Å². The topological polar surface area (TPSA) is 72.8 Å². The van der Waals surface area contributed by atoms with Gasteiger partial charge >= 0.3 is 11.9 Å². The summed E-state index contributed by atoms with van der Waals surface area (Å²) in [5, 5.41) is 8.59. The minimum absolute atomic E-state index is 0.0326. The number of methoxy groups -OCH3 is 1. The van der Waals surface area contributed by atoms with Crippen molar-refractivity contribution in [1.29, 1.82) is 0 Å². The van der Waals surface area contributed by atoms with Crippen LogP contribution in [0.25, 0.3) is 0 Å². The lowest BCUT2D eigenvalue weighted by Gasteiger charge is -2.02. The summed E-state index contributed by atoms with van der Waals surface area (Å²) in [5.74, 6) is -0.897. The maximum Gasteiger partial charge on any atom is 0.330 e. The van der Waals surface area contributed by atoms with E-state index in [9.17, 15) is 9.59 Å². The lowest BCUT2D eigenvalue weighted by Crippen LogP contribution is -2.13. The second-order valence-electron chi connectivity index (χ2n) is 2.41. The largest absolute Gasteiger partial charge is 0.466 e. The van der Waals surface area contributed by atoms with E-state index < -0.39 is 18.0 Å². The Morgan fingerprint density at radius 3 is 2.00 bits per heavy atom. The highest BCUT2D eigenvalue weighted by atomic mass is 16.5. The van der Waals surface area contributed by atoms with Crippen LogP contribution in [-0.2, 0) is 19.1 Å². The molecule has 0 aliphatic rings. The maximum atomic E-state index is 10.3. The third kappa shape index (κ3) is 15.2. The Hall–Kier alpha value is -1.62. The van der Waals surface area contributed by atoms with Crippen LogP contribution in [0, 0.1) is 0 Å². The van der Waals surface area contributed by atoms with Crippen LogP contribution >= 0.6 is 0 Å². The van der Waals surface area contributed by atoms with Crippen molar-refractivity contribution in [2.24, 2.45) is 0 Å². The summed E-state index contributed by atoms with van der Waals surface area (Å²) in [6, 6.07) is 0. The zero-order valence-electron chi connectivity index (χ0n) is 8.93. The van der Waals surface area contributed by atoms with Crippen LogP contribution < -0.4 is 0 Å². The molecule has 1 unspecified atom stereocenters. The molecule has 0 saturated heterocycles. The molecule has 0 aromatic carbocycles. The van der Waals surface area contributed by atoms with Gasteiger partial charge < -0.3 is 14.6 Å². The smallest absolute Gasteiger partial charge is 0.330 e. The summed E-state index contributed by atoms with van der Waals surface area (Å²) in [4.78, 5) is 20.1. The van der Waals surface area contributed by atoms with E-state index in [1.807, 2.05) is 0 Å². The molecule has 86 valence electrons. The molecule has 0 radical (unpaired) electrons. The molecule has 0 amide bonds. The van der Waals surface area contributed by atoms with Crippen molar-refractivity contribution in [3.05, 3.63) is 25.3 Å². The van der Waals surface area contributed by atoms with Crippen LogP contribution in [0.5, 0.6) is 0 Å². The number of aliphatic hydroxyl groups excluding tert-OH is 1. The van der Waals surface area contributed by atoms with Gasteiger partial charge in [-0.05, 0) is 6.92 Å². The fourth-order valence-electron chi connectivity index (χ4n) is 0.345. The van der Waals surface area contributed by atoms with Crippen LogP contribution in [0.2, 0.25) is 0 Å². The van der Waals surface area contributed by atoms with E-state index in [0.29, 0.717) is 0 Å². The molecule has 5 heteroatoms. The predicted octanol–water partition coefficient (Wildman–Crippen LogP) is 0.442. The second-order valence-corrected chi connectivity index (χ2v) is 2.41. The van der Waals surface area contributed by atoms with Gasteiger partial charge in [-0.25, -0.2) is 9.59 Å².